The van der Waals surface area contributed by atoms with Crippen molar-refractivity contribution in [3.8, 4) is 5.75 Å². The first-order valence-electron chi connectivity index (χ1n) is 8.70. The minimum atomic E-state index is 0. The van der Waals surface area contributed by atoms with Crippen molar-refractivity contribution in [1.29, 1.82) is 0 Å². The Bertz CT molecular complexity index is 456. The molecular weight excluding hydrogens is 306 g/mol. The summed E-state index contributed by atoms with van der Waals surface area (Å²) in [5.74, 6) is 1.71. The summed E-state index contributed by atoms with van der Waals surface area (Å²) < 4.78 is 5.99. The molecular formula is C20H34ClNO. The third-order valence-corrected chi connectivity index (χ3v) is 4.55. The minimum absolute atomic E-state index is 0. The van der Waals surface area contributed by atoms with Crippen molar-refractivity contribution < 1.29 is 4.74 Å². The fourth-order valence-corrected chi connectivity index (χ4v) is 3.69. The van der Waals surface area contributed by atoms with E-state index in [4.69, 9.17) is 4.74 Å². The molecule has 1 aliphatic rings. The van der Waals surface area contributed by atoms with Gasteiger partial charge in [0, 0.05) is 0 Å². The first-order chi connectivity index (χ1) is 10.3. The Kier molecular flexibility index (Phi) is 7.41. The first kappa shape index (κ1) is 20.3. The lowest BCUT2D eigenvalue weighted by Gasteiger charge is -2.33. The van der Waals surface area contributed by atoms with Crippen LogP contribution in [0.15, 0.2) is 24.3 Å². The topological polar surface area (TPSA) is 21.3 Å². The number of rotatable bonds is 5. The van der Waals surface area contributed by atoms with Crippen LogP contribution in [0, 0.1) is 11.3 Å². The molecule has 1 aromatic carbocycles. The largest absolute Gasteiger partial charge is 0.493 e. The van der Waals surface area contributed by atoms with E-state index in [9.17, 15) is 0 Å². The maximum atomic E-state index is 5.99. The Morgan fingerprint density at radius 3 is 2.09 bits per heavy atom. The summed E-state index contributed by atoms with van der Waals surface area (Å²) in [6.45, 7) is 14.7. The van der Waals surface area contributed by atoms with Crippen LogP contribution < -0.4 is 10.1 Å². The molecule has 0 aliphatic carbocycles. The summed E-state index contributed by atoms with van der Waals surface area (Å²) in [5, 5.41) is 3.40. The van der Waals surface area contributed by atoms with Crippen LogP contribution in [-0.2, 0) is 5.41 Å². The fourth-order valence-electron chi connectivity index (χ4n) is 3.69. The van der Waals surface area contributed by atoms with Gasteiger partial charge in [0.1, 0.15) is 5.75 Å². The maximum absolute atomic E-state index is 5.99. The van der Waals surface area contributed by atoms with Crippen LogP contribution in [0.5, 0.6) is 5.75 Å². The van der Waals surface area contributed by atoms with E-state index in [1.165, 1.54) is 24.8 Å². The second kappa shape index (κ2) is 8.39. The van der Waals surface area contributed by atoms with Gasteiger partial charge in [-0.2, -0.15) is 0 Å². The normalized spacial score (nSPS) is 16.7. The van der Waals surface area contributed by atoms with Gasteiger partial charge in [-0.25, -0.2) is 0 Å². The molecule has 23 heavy (non-hydrogen) atoms. The van der Waals surface area contributed by atoms with Gasteiger partial charge in [0.2, 0.25) is 0 Å². The van der Waals surface area contributed by atoms with Crippen molar-refractivity contribution >= 4 is 12.4 Å². The highest BCUT2D eigenvalue weighted by Crippen LogP contribution is 2.36. The Morgan fingerprint density at radius 2 is 1.57 bits per heavy atom. The average Bonchev–Trinajstić information content (AvgIpc) is 2.44. The summed E-state index contributed by atoms with van der Waals surface area (Å²) in [5.41, 5.74) is 1.94. The number of piperidine rings is 1. The molecule has 0 radical (unpaired) electrons. The quantitative estimate of drug-likeness (QED) is 0.796. The number of hydrogen-bond acceptors (Lipinski definition) is 2. The van der Waals surface area contributed by atoms with E-state index in [2.05, 4.69) is 64.2 Å². The van der Waals surface area contributed by atoms with Crippen molar-refractivity contribution in [2.24, 2.45) is 11.3 Å². The Hall–Kier alpha value is -0.730. The first-order valence-corrected chi connectivity index (χ1v) is 8.70. The molecule has 0 bridgehead atoms. The molecule has 1 N–H and O–H groups in total. The number of hydrogen-bond donors (Lipinski definition) is 1. The van der Waals surface area contributed by atoms with Crippen molar-refractivity contribution in [2.45, 2.75) is 59.3 Å². The molecule has 1 aromatic rings. The van der Waals surface area contributed by atoms with Gasteiger partial charge >= 0.3 is 0 Å². The van der Waals surface area contributed by atoms with E-state index < -0.39 is 0 Å². The zero-order valence-corrected chi connectivity index (χ0v) is 16.3. The van der Waals surface area contributed by atoms with E-state index in [0.29, 0.717) is 11.3 Å². The summed E-state index contributed by atoms with van der Waals surface area (Å²) in [4.78, 5) is 0. The summed E-state index contributed by atoms with van der Waals surface area (Å²) in [6.07, 6.45) is 3.64. The average molecular weight is 340 g/mol. The third-order valence-electron chi connectivity index (χ3n) is 4.55. The second-order valence-corrected chi connectivity index (χ2v) is 8.65. The maximum Gasteiger partial charge on any atom is 0.119 e. The Balaban J connectivity index is 0.00000264. The minimum Gasteiger partial charge on any atom is -0.493 e. The molecule has 1 fully saturated rings. The van der Waals surface area contributed by atoms with Gasteiger partial charge in [-0.3, -0.25) is 0 Å². The number of ether oxygens (including phenoxy) is 1. The molecule has 0 amide bonds. The van der Waals surface area contributed by atoms with E-state index >= 15 is 0 Å². The van der Waals surface area contributed by atoms with Gasteiger partial charge in [0.05, 0.1) is 6.61 Å². The zero-order valence-electron chi connectivity index (χ0n) is 15.4. The summed E-state index contributed by atoms with van der Waals surface area (Å²) in [6, 6.07) is 8.76. The SMILES string of the molecule is CC(C)(C)CC(C)(C)c1ccc(OCC2CCNCC2)cc1.Cl. The molecule has 0 atom stereocenters. The van der Waals surface area contributed by atoms with Gasteiger partial charge in [0.15, 0.2) is 0 Å². The lowest BCUT2D eigenvalue weighted by molar-refractivity contribution is 0.215. The Morgan fingerprint density at radius 1 is 1.00 bits per heavy atom. The lowest BCUT2D eigenvalue weighted by atomic mass is 9.72. The summed E-state index contributed by atoms with van der Waals surface area (Å²) in [7, 11) is 0. The predicted octanol–water partition coefficient (Wildman–Crippen LogP) is 5.20. The van der Waals surface area contributed by atoms with E-state index in [1.807, 2.05) is 0 Å². The van der Waals surface area contributed by atoms with Crippen LogP contribution in [0.1, 0.15) is 59.4 Å². The molecule has 3 heteroatoms. The van der Waals surface area contributed by atoms with Gasteiger partial charge in [-0.05, 0) is 66.8 Å². The van der Waals surface area contributed by atoms with Gasteiger partial charge in [-0.1, -0.05) is 46.8 Å². The van der Waals surface area contributed by atoms with Crippen LogP contribution >= 0.6 is 12.4 Å². The van der Waals surface area contributed by atoms with E-state index in [1.54, 1.807) is 0 Å². The van der Waals surface area contributed by atoms with Gasteiger partial charge < -0.3 is 10.1 Å². The molecule has 1 aliphatic heterocycles. The van der Waals surface area contributed by atoms with E-state index in [0.717, 1.165) is 25.4 Å². The van der Waals surface area contributed by atoms with Gasteiger partial charge in [0.25, 0.3) is 0 Å². The van der Waals surface area contributed by atoms with Crippen molar-refractivity contribution in [1.82, 2.24) is 5.32 Å². The van der Waals surface area contributed by atoms with Crippen LogP contribution in [0.4, 0.5) is 0 Å². The number of nitrogens with one attached hydrogen (secondary N) is 1. The summed E-state index contributed by atoms with van der Waals surface area (Å²) >= 11 is 0. The molecule has 0 spiro atoms. The molecule has 2 nitrogen and oxygen atoms in total. The third kappa shape index (κ3) is 6.73. The van der Waals surface area contributed by atoms with Gasteiger partial charge in [-0.15, -0.1) is 12.4 Å². The number of benzene rings is 1. The van der Waals surface area contributed by atoms with Crippen LogP contribution in [0.3, 0.4) is 0 Å². The smallest absolute Gasteiger partial charge is 0.119 e. The molecule has 0 aromatic heterocycles. The molecule has 1 saturated heterocycles. The number of halogens is 1. The highest BCUT2D eigenvalue weighted by Gasteiger charge is 2.27. The molecule has 132 valence electrons. The van der Waals surface area contributed by atoms with Crippen molar-refractivity contribution in [2.75, 3.05) is 19.7 Å². The molecule has 0 saturated carbocycles. The predicted molar refractivity (Wildman–Crippen MR) is 102 cm³/mol. The van der Waals surface area contributed by atoms with E-state index in [-0.39, 0.29) is 17.8 Å². The van der Waals surface area contributed by atoms with Crippen molar-refractivity contribution in [3.63, 3.8) is 0 Å². The van der Waals surface area contributed by atoms with Crippen LogP contribution in [0.25, 0.3) is 0 Å². The zero-order chi connectivity index (χ0) is 16.2. The molecule has 0 unspecified atom stereocenters. The molecule has 2 rings (SSSR count). The monoisotopic (exact) mass is 339 g/mol. The lowest BCUT2D eigenvalue weighted by Crippen LogP contribution is -2.30. The Labute approximate surface area is 148 Å². The second-order valence-electron chi connectivity index (χ2n) is 8.65. The fraction of sp³-hybridized carbons (Fsp3) is 0.700. The van der Waals surface area contributed by atoms with Crippen molar-refractivity contribution in [3.05, 3.63) is 29.8 Å². The highest BCUT2D eigenvalue weighted by atomic mass is 35.5. The van der Waals surface area contributed by atoms with Crippen LogP contribution in [0.2, 0.25) is 0 Å². The standard InChI is InChI=1S/C20H33NO.ClH/c1-19(2,3)15-20(4,5)17-6-8-18(9-7-17)22-14-16-10-12-21-13-11-16;/h6-9,16,21H,10-15H2,1-5H3;1H. The highest BCUT2D eigenvalue weighted by molar-refractivity contribution is 5.85. The van der Waals surface area contributed by atoms with Crippen LogP contribution in [-0.4, -0.2) is 19.7 Å². The molecule has 1 heterocycles.